The fraction of sp³-hybridized carbons (Fsp3) is 0.533. The van der Waals surface area contributed by atoms with Crippen LogP contribution in [0.25, 0.3) is 0 Å². The van der Waals surface area contributed by atoms with Crippen molar-refractivity contribution in [3.05, 3.63) is 23.8 Å². The second-order valence-electron chi connectivity index (χ2n) is 5.47. The van der Waals surface area contributed by atoms with Crippen LogP contribution in [0, 0.1) is 0 Å². The van der Waals surface area contributed by atoms with E-state index in [-0.39, 0.29) is 12.8 Å². The largest absolute Gasteiger partial charge is 0.454 e. The summed E-state index contributed by atoms with van der Waals surface area (Å²) in [5.74, 6) is 1.53. The first-order chi connectivity index (χ1) is 9.72. The van der Waals surface area contributed by atoms with Gasteiger partial charge in [0, 0.05) is 19.6 Å². The van der Waals surface area contributed by atoms with E-state index in [1.807, 2.05) is 25.2 Å². The molecule has 2 aliphatic rings. The zero-order chi connectivity index (χ0) is 13.9. The van der Waals surface area contributed by atoms with Gasteiger partial charge in [-0.3, -0.25) is 0 Å². The van der Waals surface area contributed by atoms with E-state index in [1.54, 1.807) is 4.90 Å². The Labute approximate surface area is 118 Å². The SMILES string of the molecule is CN(Cc1ccc2c(c1)OCO2)C(=O)NC1CCCC1. The minimum absolute atomic E-state index is 0.00503. The highest BCUT2D eigenvalue weighted by molar-refractivity contribution is 5.74. The monoisotopic (exact) mass is 276 g/mol. The molecule has 1 fully saturated rings. The van der Waals surface area contributed by atoms with Crippen molar-refractivity contribution in [2.75, 3.05) is 13.8 Å². The summed E-state index contributed by atoms with van der Waals surface area (Å²) < 4.78 is 10.6. The summed E-state index contributed by atoms with van der Waals surface area (Å²) in [6.45, 7) is 0.839. The minimum Gasteiger partial charge on any atom is -0.454 e. The van der Waals surface area contributed by atoms with E-state index < -0.39 is 0 Å². The van der Waals surface area contributed by atoms with Gasteiger partial charge in [0.2, 0.25) is 6.79 Å². The predicted molar refractivity (Wildman–Crippen MR) is 74.8 cm³/mol. The summed E-state index contributed by atoms with van der Waals surface area (Å²) in [5, 5.41) is 3.08. The second-order valence-corrected chi connectivity index (χ2v) is 5.47. The van der Waals surface area contributed by atoms with E-state index in [0.29, 0.717) is 12.6 Å². The van der Waals surface area contributed by atoms with Gasteiger partial charge < -0.3 is 19.7 Å². The number of ether oxygens (including phenoxy) is 2. The van der Waals surface area contributed by atoms with E-state index in [0.717, 1.165) is 29.9 Å². The lowest BCUT2D eigenvalue weighted by atomic mass is 10.2. The number of fused-ring (bicyclic) bond motifs is 1. The molecular weight excluding hydrogens is 256 g/mol. The summed E-state index contributed by atoms with van der Waals surface area (Å²) in [4.78, 5) is 13.8. The van der Waals surface area contributed by atoms with Crippen LogP contribution in [-0.2, 0) is 6.54 Å². The number of hydrogen-bond acceptors (Lipinski definition) is 3. The molecule has 20 heavy (non-hydrogen) atoms. The molecule has 108 valence electrons. The van der Waals surface area contributed by atoms with Crippen molar-refractivity contribution in [2.24, 2.45) is 0 Å². The van der Waals surface area contributed by atoms with E-state index in [1.165, 1.54) is 12.8 Å². The Morgan fingerprint density at radius 2 is 2.05 bits per heavy atom. The van der Waals surface area contributed by atoms with E-state index in [2.05, 4.69) is 5.32 Å². The van der Waals surface area contributed by atoms with Gasteiger partial charge in [0.05, 0.1) is 0 Å². The van der Waals surface area contributed by atoms with Crippen molar-refractivity contribution >= 4 is 6.03 Å². The highest BCUT2D eigenvalue weighted by Crippen LogP contribution is 2.32. The number of carbonyl (C=O) groups excluding carboxylic acids is 1. The van der Waals surface area contributed by atoms with Crippen LogP contribution in [0.5, 0.6) is 11.5 Å². The maximum atomic E-state index is 12.1. The summed E-state index contributed by atoms with van der Waals surface area (Å²) in [6, 6.07) is 6.13. The van der Waals surface area contributed by atoms with Crippen LogP contribution >= 0.6 is 0 Å². The highest BCUT2D eigenvalue weighted by Gasteiger charge is 2.20. The molecule has 0 aromatic heterocycles. The molecule has 1 aromatic carbocycles. The van der Waals surface area contributed by atoms with Crippen LogP contribution in [0.2, 0.25) is 0 Å². The molecule has 2 amide bonds. The van der Waals surface area contributed by atoms with Crippen molar-refractivity contribution < 1.29 is 14.3 Å². The van der Waals surface area contributed by atoms with Crippen molar-refractivity contribution in [2.45, 2.75) is 38.3 Å². The van der Waals surface area contributed by atoms with Crippen molar-refractivity contribution in [3.8, 4) is 11.5 Å². The summed E-state index contributed by atoms with van der Waals surface area (Å²) >= 11 is 0. The van der Waals surface area contributed by atoms with Crippen LogP contribution in [0.3, 0.4) is 0 Å². The van der Waals surface area contributed by atoms with E-state index in [4.69, 9.17) is 9.47 Å². The smallest absolute Gasteiger partial charge is 0.317 e. The van der Waals surface area contributed by atoms with Gasteiger partial charge in [-0.25, -0.2) is 4.79 Å². The molecule has 1 aliphatic heterocycles. The summed E-state index contributed by atoms with van der Waals surface area (Å²) in [5.41, 5.74) is 1.04. The lowest BCUT2D eigenvalue weighted by molar-refractivity contribution is 0.174. The maximum absolute atomic E-state index is 12.1. The van der Waals surface area contributed by atoms with E-state index in [9.17, 15) is 4.79 Å². The first-order valence-corrected chi connectivity index (χ1v) is 7.12. The molecule has 0 radical (unpaired) electrons. The fourth-order valence-corrected chi connectivity index (χ4v) is 2.74. The number of urea groups is 1. The third kappa shape index (κ3) is 2.81. The summed E-state index contributed by atoms with van der Waals surface area (Å²) in [7, 11) is 1.81. The number of nitrogens with one attached hydrogen (secondary N) is 1. The van der Waals surface area contributed by atoms with Gasteiger partial charge in [0.25, 0.3) is 0 Å². The Bertz CT molecular complexity index is 498. The Morgan fingerprint density at radius 1 is 1.30 bits per heavy atom. The Morgan fingerprint density at radius 3 is 2.85 bits per heavy atom. The van der Waals surface area contributed by atoms with Crippen molar-refractivity contribution in [1.29, 1.82) is 0 Å². The normalized spacial score (nSPS) is 17.2. The van der Waals surface area contributed by atoms with Crippen molar-refractivity contribution in [1.82, 2.24) is 10.2 Å². The molecule has 1 aromatic rings. The third-order valence-corrected chi connectivity index (χ3v) is 3.89. The molecular formula is C15H20N2O3. The number of amides is 2. The zero-order valence-corrected chi connectivity index (χ0v) is 11.7. The van der Waals surface area contributed by atoms with Crippen LogP contribution in [-0.4, -0.2) is 30.8 Å². The molecule has 1 heterocycles. The van der Waals surface area contributed by atoms with Gasteiger partial charge in [0.15, 0.2) is 11.5 Å². The fourth-order valence-electron chi connectivity index (χ4n) is 2.74. The molecule has 5 nitrogen and oxygen atoms in total. The van der Waals surface area contributed by atoms with Crippen LogP contribution in [0.15, 0.2) is 18.2 Å². The van der Waals surface area contributed by atoms with Crippen LogP contribution in [0.4, 0.5) is 4.79 Å². The first-order valence-electron chi connectivity index (χ1n) is 7.12. The second kappa shape index (κ2) is 5.61. The van der Waals surface area contributed by atoms with Gasteiger partial charge >= 0.3 is 6.03 Å². The molecule has 0 spiro atoms. The Hall–Kier alpha value is -1.91. The van der Waals surface area contributed by atoms with Gasteiger partial charge in [-0.1, -0.05) is 18.9 Å². The third-order valence-electron chi connectivity index (χ3n) is 3.89. The maximum Gasteiger partial charge on any atom is 0.317 e. The Kier molecular flexibility index (Phi) is 3.67. The van der Waals surface area contributed by atoms with Gasteiger partial charge in [0.1, 0.15) is 0 Å². The number of benzene rings is 1. The number of hydrogen-bond donors (Lipinski definition) is 1. The van der Waals surface area contributed by atoms with Crippen LogP contribution < -0.4 is 14.8 Å². The summed E-state index contributed by atoms with van der Waals surface area (Å²) in [6.07, 6.45) is 4.64. The van der Waals surface area contributed by atoms with Crippen LogP contribution in [0.1, 0.15) is 31.2 Å². The van der Waals surface area contributed by atoms with Gasteiger partial charge in [-0.05, 0) is 30.5 Å². The van der Waals surface area contributed by atoms with E-state index >= 15 is 0 Å². The highest BCUT2D eigenvalue weighted by atomic mass is 16.7. The molecule has 0 atom stereocenters. The predicted octanol–water partition coefficient (Wildman–Crippen LogP) is 2.50. The lowest BCUT2D eigenvalue weighted by Gasteiger charge is -2.21. The molecule has 0 unspecified atom stereocenters. The van der Waals surface area contributed by atoms with Gasteiger partial charge in [-0.2, -0.15) is 0 Å². The topological polar surface area (TPSA) is 50.8 Å². The number of rotatable bonds is 3. The average Bonchev–Trinajstić information content (AvgIpc) is 3.08. The zero-order valence-electron chi connectivity index (χ0n) is 11.7. The molecule has 0 bridgehead atoms. The lowest BCUT2D eigenvalue weighted by Crippen LogP contribution is -2.41. The quantitative estimate of drug-likeness (QED) is 0.922. The molecule has 3 rings (SSSR count). The molecule has 5 heteroatoms. The number of carbonyl (C=O) groups is 1. The molecule has 1 aliphatic carbocycles. The Balaban J connectivity index is 1.57. The molecule has 0 saturated heterocycles. The average molecular weight is 276 g/mol. The first kappa shape index (κ1) is 13.1. The van der Waals surface area contributed by atoms with Crippen molar-refractivity contribution in [3.63, 3.8) is 0 Å². The molecule has 1 saturated carbocycles. The van der Waals surface area contributed by atoms with Gasteiger partial charge in [-0.15, -0.1) is 0 Å². The number of nitrogens with zero attached hydrogens (tertiary/aromatic N) is 1. The minimum atomic E-state index is -0.00503. The molecule has 1 N–H and O–H groups in total. The standard InChI is InChI=1S/C15H20N2O3/c1-17(15(18)16-12-4-2-3-5-12)9-11-6-7-13-14(8-11)20-10-19-13/h6-8,12H,2-5,9-10H2,1H3,(H,16,18).